The van der Waals surface area contributed by atoms with Crippen molar-refractivity contribution >= 4 is 5.97 Å². The Morgan fingerprint density at radius 3 is 2.31 bits per heavy atom. The highest BCUT2D eigenvalue weighted by Crippen LogP contribution is 2.12. The van der Waals surface area contributed by atoms with Gasteiger partial charge in [0.05, 0.1) is 0 Å². The van der Waals surface area contributed by atoms with E-state index in [1.165, 1.54) is 0 Å². The quantitative estimate of drug-likeness (QED) is 0.682. The second-order valence-corrected chi connectivity index (χ2v) is 4.20. The van der Waals surface area contributed by atoms with Crippen LogP contribution in [0.25, 0.3) is 0 Å². The number of aliphatic carboxylic acids is 1. The third-order valence-electron chi connectivity index (χ3n) is 2.13. The van der Waals surface area contributed by atoms with Gasteiger partial charge in [-0.05, 0) is 30.4 Å². The van der Waals surface area contributed by atoms with Crippen LogP contribution in [0.3, 0.4) is 0 Å². The van der Waals surface area contributed by atoms with E-state index in [0.29, 0.717) is 11.5 Å². The fraction of sp³-hybridized carbons (Fsp3) is 0.462. The summed E-state index contributed by atoms with van der Waals surface area (Å²) in [5.41, 5.74) is 1.45. The maximum atomic E-state index is 10.5. The molecule has 0 aromatic carbocycles. The zero-order valence-electron chi connectivity index (χ0n) is 10.1. The van der Waals surface area contributed by atoms with E-state index >= 15 is 0 Å². The van der Waals surface area contributed by atoms with Crippen LogP contribution in [0.15, 0.2) is 36.0 Å². The molecule has 1 unspecified atom stereocenters. The Bertz CT molecular complexity index is 311. The van der Waals surface area contributed by atoms with Crippen LogP contribution in [-0.2, 0) is 4.79 Å². The summed E-state index contributed by atoms with van der Waals surface area (Å²) in [6.07, 6.45) is 4.63. The molecule has 16 heavy (non-hydrogen) atoms. The molecule has 0 radical (unpaired) electrons. The van der Waals surface area contributed by atoms with Gasteiger partial charge in [0, 0.05) is 0 Å². The highest BCUT2D eigenvalue weighted by Gasteiger charge is 2.13. The Hall–Kier alpha value is -1.35. The topological polar surface area (TPSA) is 57.5 Å². The first-order chi connectivity index (χ1) is 7.38. The fourth-order valence-electron chi connectivity index (χ4n) is 1.22. The molecule has 0 aliphatic rings. The Morgan fingerprint density at radius 1 is 1.38 bits per heavy atom. The summed E-state index contributed by atoms with van der Waals surface area (Å²) in [6.45, 7) is 9.48. The van der Waals surface area contributed by atoms with Crippen LogP contribution in [0.1, 0.15) is 27.2 Å². The van der Waals surface area contributed by atoms with Crippen molar-refractivity contribution in [3.8, 4) is 0 Å². The van der Waals surface area contributed by atoms with Crippen LogP contribution in [0.5, 0.6) is 0 Å². The van der Waals surface area contributed by atoms with Gasteiger partial charge in [0.25, 0.3) is 0 Å². The molecule has 0 aliphatic carbocycles. The third-order valence-corrected chi connectivity index (χ3v) is 2.13. The molecule has 0 amide bonds. The van der Waals surface area contributed by atoms with Crippen LogP contribution >= 0.6 is 0 Å². The molecule has 0 bridgehead atoms. The van der Waals surface area contributed by atoms with Crippen molar-refractivity contribution in [2.45, 2.75) is 33.3 Å². The van der Waals surface area contributed by atoms with Crippen molar-refractivity contribution < 1.29 is 15.0 Å². The van der Waals surface area contributed by atoms with E-state index in [2.05, 4.69) is 20.4 Å². The number of carboxylic acid groups (broad SMARTS) is 1. The summed E-state index contributed by atoms with van der Waals surface area (Å²) < 4.78 is 0. The van der Waals surface area contributed by atoms with Crippen LogP contribution in [0.4, 0.5) is 0 Å². The highest BCUT2D eigenvalue weighted by atomic mass is 16.4. The van der Waals surface area contributed by atoms with E-state index in [4.69, 9.17) is 5.11 Å². The molecule has 0 heterocycles. The normalized spacial score (nSPS) is 15.1. The standard InChI is InChI=1S/C13H20O3/c1-5-11(8-9(2)3)7-6-10(4)12(14)13(15)16/h5-7,9,12,14H,1,8H2,2-4H3,(H,15,16)/b10-6+,11-7+. The summed E-state index contributed by atoms with van der Waals surface area (Å²) in [7, 11) is 0. The number of hydrogen-bond donors (Lipinski definition) is 2. The Morgan fingerprint density at radius 2 is 1.94 bits per heavy atom. The predicted octanol–water partition coefficient (Wildman–Crippen LogP) is 2.54. The maximum Gasteiger partial charge on any atom is 0.336 e. The lowest BCUT2D eigenvalue weighted by atomic mass is 10.0. The first kappa shape index (κ1) is 14.6. The number of rotatable bonds is 6. The van der Waals surface area contributed by atoms with Crippen molar-refractivity contribution in [2.24, 2.45) is 5.92 Å². The molecule has 0 aliphatic heterocycles. The monoisotopic (exact) mass is 224 g/mol. The van der Waals surface area contributed by atoms with Crippen molar-refractivity contribution in [3.63, 3.8) is 0 Å². The van der Waals surface area contributed by atoms with Gasteiger partial charge in [-0.15, -0.1) is 0 Å². The minimum Gasteiger partial charge on any atom is -0.479 e. The van der Waals surface area contributed by atoms with Crippen molar-refractivity contribution in [1.29, 1.82) is 0 Å². The largest absolute Gasteiger partial charge is 0.479 e. The lowest BCUT2D eigenvalue weighted by Crippen LogP contribution is -2.20. The minimum absolute atomic E-state index is 0.413. The molecule has 2 N–H and O–H groups in total. The molecule has 0 rings (SSSR count). The summed E-state index contributed by atoms with van der Waals surface area (Å²) in [6, 6.07) is 0. The number of allylic oxidation sites excluding steroid dienone is 4. The smallest absolute Gasteiger partial charge is 0.336 e. The highest BCUT2D eigenvalue weighted by molar-refractivity contribution is 5.75. The predicted molar refractivity (Wildman–Crippen MR) is 65.1 cm³/mol. The minimum atomic E-state index is -1.43. The van der Waals surface area contributed by atoms with Gasteiger partial charge in [-0.3, -0.25) is 0 Å². The third kappa shape index (κ3) is 5.51. The average Bonchev–Trinajstić information content (AvgIpc) is 2.21. The summed E-state index contributed by atoms with van der Waals surface area (Å²) in [5.74, 6) is -0.714. The average molecular weight is 224 g/mol. The SMILES string of the molecule is C=C/C(=C\C=C(/C)C(O)C(=O)O)CC(C)C. The van der Waals surface area contributed by atoms with Gasteiger partial charge < -0.3 is 10.2 Å². The van der Waals surface area contributed by atoms with Crippen LogP contribution in [0.2, 0.25) is 0 Å². The van der Waals surface area contributed by atoms with Gasteiger partial charge in [-0.2, -0.15) is 0 Å². The number of hydrogen-bond acceptors (Lipinski definition) is 2. The zero-order valence-corrected chi connectivity index (χ0v) is 10.1. The first-order valence-corrected chi connectivity index (χ1v) is 5.29. The summed E-state index contributed by atoms with van der Waals surface area (Å²) >= 11 is 0. The van der Waals surface area contributed by atoms with E-state index in [1.54, 1.807) is 25.2 Å². The van der Waals surface area contributed by atoms with E-state index in [1.807, 2.05) is 0 Å². The maximum absolute atomic E-state index is 10.5. The molecule has 0 spiro atoms. The van der Waals surface area contributed by atoms with Gasteiger partial charge in [0.2, 0.25) is 0 Å². The van der Waals surface area contributed by atoms with E-state index < -0.39 is 12.1 Å². The summed E-state index contributed by atoms with van der Waals surface area (Å²) in [4.78, 5) is 10.5. The van der Waals surface area contributed by atoms with Gasteiger partial charge in [-0.25, -0.2) is 4.79 Å². The van der Waals surface area contributed by atoms with E-state index in [-0.39, 0.29) is 0 Å². The van der Waals surface area contributed by atoms with Crippen molar-refractivity contribution in [1.82, 2.24) is 0 Å². The molecule has 0 saturated carbocycles. The molecule has 1 atom stereocenters. The van der Waals surface area contributed by atoms with Gasteiger partial charge in [-0.1, -0.05) is 38.7 Å². The lowest BCUT2D eigenvalue weighted by Gasteiger charge is -2.06. The zero-order chi connectivity index (χ0) is 12.7. The van der Waals surface area contributed by atoms with Gasteiger partial charge in [0.15, 0.2) is 6.10 Å². The van der Waals surface area contributed by atoms with Gasteiger partial charge >= 0.3 is 5.97 Å². The Labute approximate surface area is 96.8 Å². The van der Waals surface area contributed by atoms with E-state index in [0.717, 1.165) is 12.0 Å². The van der Waals surface area contributed by atoms with Crippen molar-refractivity contribution in [3.05, 3.63) is 36.0 Å². The van der Waals surface area contributed by atoms with Gasteiger partial charge in [0.1, 0.15) is 0 Å². The molecular formula is C13H20O3. The molecule has 0 aromatic rings. The van der Waals surface area contributed by atoms with Crippen molar-refractivity contribution in [2.75, 3.05) is 0 Å². The first-order valence-electron chi connectivity index (χ1n) is 5.29. The second-order valence-electron chi connectivity index (χ2n) is 4.20. The number of carboxylic acids is 1. The fourth-order valence-corrected chi connectivity index (χ4v) is 1.22. The van der Waals surface area contributed by atoms with Crippen LogP contribution in [0, 0.1) is 5.92 Å². The number of carbonyl (C=O) groups is 1. The van der Waals surface area contributed by atoms with E-state index in [9.17, 15) is 9.90 Å². The summed E-state index contributed by atoms with van der Waals surface area (Å²) in [5, 5.41) is 17.8. The molecule has 90 valence electrons. The molecular weight excluding hydrogens is 204 g/mol. The number of aliphatic hydroxyl groups excluding tert-OH is 1. The molecule has 3 heteroatoms. The second kappa shape index (κ2) is 7.01. The molecule has 0 aromatic heterocycles. The molecule has 3 nitrogen and oxygen atoms in total. The Kier molecular flexibility index (Phi) is 6.42. The molecule has 0 saturated heterocycles. The van der Waals surface area contributed by atoms with Crippen LogP contribution in [-0.4, -0.2) is 22.3 Å². The van der Waals surface area contributed by atoms with Crippen LogP contribution < -0.4 is 0 Å². The molecule has 0 fully saturated rings. The lowest BCUT2D eigenvalue weighted by molar-refractivity contribution is -0.144. The Balaban J connectivity index is 4.68. The number of aliphatic hydroxyl groups is 1.